The van der Waals surface area contributed by atoms with Gasteiger partial charge in [-0.05, 0) is 51.7 Å². The molecule has 0 aromatic rings. The van der Waals surface area contributed by atoms with Gasteiger partial charge in [-0.2, -0.15) is 13.2 Å². The Balaban J connectivity index is 1.85. The zero-order valence-corrected chi connectivity index (χ0v) is 12.0. The van der Waals surface area contributed by atoms with Gasteiger partial charge < -0.3 is 10.6 Å². The number of alkyl halides is 3. The van der Waals surface area contributed by atoms with Crippen LogP contribution in [-0.2, 0) is 0 Å². The zero-order chi connectivity index (χ0) is 14.6. The first-order valence-electron chi connectivity index (χ1n) is 7.77. The van der Waals surface area contributed by atoms with Gasteiger partial charge in [-0.25, -0.2) is 0 Å². The molecule has 0 spiro atoms. The lowest BCUT2D eigenvalue weighted by molar-refractivity contribution is -0.188. The van der Waals surface area contributed by atoms with Gasteiger partial charge in [0.1, 0.15) is 6.04 Å². The fraction of sp³-hybridized carbons (Fsp3) is 1.00. The molecule has 6 heteroatoms. The Bertz CT molecular complexity index is 282. The van der Waals surface area contributed by atoms with Crippen LogP contribution in [0.1, 0.15) is 38.5 Å². The molecule has 118 valence electrons. The van der Waals surface area contributed by atoms with Crippen LogP contribution >= 0.6 is 0 Å². The fourth-order valence-electron chi connectivity index (χ4n) is 3.56. The van der Waals surface area contributed by atoms with E-state index in [0.29, 0.717) is 19.1 Å². The number of piperidine rings is 2. The second-order valence-electron chi connectivity index (χ2n) is 6.00. The largest absolute Gasteiger partial charge is 0.404 e. The van der Waals surface area contributed by atoms with E-state index in [1.165, 1.54) is 19.3 Å². The quantitative estimate of drug-likeness (QED) is 0.862. The van der Waals surface area contributed by atoms with Gasteiger partial charge in [-0.3, -0.25) is 4.90 Å². The maximum atomic E-state index is 13.0. The standard InChI is InChI=1S/C14H26F3N3/c15-14(16,17)13(4-7-18)20-10-5-12(6-11-20)19-8-2-1-3-9-19/h12-13H,1-11,18H2. The van der Waals surface area contributed by atoms with Crippen LogP contribution in [-0.4, -0.2) is 60.8 Å². The number of hydrogen-bond donors (Lipinski definition) is 1. The highest BCUT2D eigenvalue weighted by Gasteiger charge is 2.44. The third kappa shape index (κ3) is 4.09. The molecule has 2 saturated heterocycles. The number of rotatable bonds is 4. The predicted octanol–water partition coefficient (Wildman–Crippen LogP) is 2.22. The summed E-state index contributed by atoms with van der Waals surface area (Å²) in [6.45, 7) is 3.43. The number of hydrogen-bond acceptors (Lipinski definition) is 3. The van der Waals surface area contributed by atoms with Crippen molar-refractivity contribution in [1.82, 2.24) is 9.80 Å². The van der Waals surface area contributed by atoms with Crippen LogP contribution in [0.15, 0.2) is 0 Å². The summed E-state index contributed by atoms with van der Waals surface area (Å²) in [5.74, 6) is 0. The Morgan fingerprint density at radius 3 is 2.10 bits per heavy atom. The van der Waals surface area contributed by atoms with Gasteiger partial charge in [-0.15, -0.1) is 0 Å². The van der Waals surface area contributed by atoms with E-state index in [1.807, 2.05) is 0 Å². The normalized spacial score (nSPS) is 25.8. The average Bonchev–Trinajstić information content (AvgIpc) is 2.45. The Morgan fingerprint density at radius 1 is 1.00 bits per heavy atom. The fourth-order valence-corrected chi connectivity index (χ4v) is 3.56. The van der Waals surface area contributed by atoms with Gasteiger partial charge in [0.2, 0.25) is 0 Å². The van der Waals surface area contributed by atoms with E-state index in [-0.39, 0.29) is 13.0 Å². The molecule has 0 radical (unpaired) electrons. The molecule has 0 aromatic carbocycles. The highest BCUT2D eigenvalue weighted by atomic mass is 19.4. The van der Waals surface area contributed by atoms with E-state index >= 15 is 0 Å². The molecule has 0 bridgehead atoms. The third-order valence-corrected chi connectivity index (χ3v) is 4.66. The molecule has 1 atom stereocenters. The molecule has 2 aliphatic heterocycles. The summed E-state index contributed by atoms with van der Waals surface area (Å²) >= 11 is 0. The third-order valence-electron chi connectivity index (χ3n) is 4.66. The lowest BCUT2D eigenvalue weighted by atomic mass is 9.98. The topological polar surface area (TPSA) is 32.5 Å². The van der Waals surface area contributed by atoms with Crippen LogP contribution in [0.5, 0.6) is 0 Å². The summed E-state index contributed by atoms with van der Waals surface area (Å²) in [5.41, 5.74) is 5.34. The molecule has 2 aliphatic rings. The number of likely N-dealkylation sites (tertiary alicyclic amines) is 2. The van der Waals surface area contributed by atoms with E-state index in [1.54, 1.807) is 4.90 Å². The summed E-state index contributed by atoms with van der Waals surface area (Å²) in [6, 6.07) is -0.867. The van der Waals surface area contributed by atoms with Crippen molar-refractivity contribution in [3.63, 3.8) is 0 Å². The average molecular weight is 293 g/mol. The van der Waals surface area contributed by atoms with Crippen molar-refractivity contribution >= 4 is 0 Å². The van der Waals surface area contributed by atoms with Gasteiger partial charge in [-0.1, -0.05) is 6.42 Å². The van der Waals surface area contributed by atoms with Crippen molar-refractivity contribution in [3.05, 3.63) is 0 Å². The smallest absolute Gasteiger partial charge is 0.330 e. The summed E-state index contributed by atoms with van der Waals surface area (Å²) in [6.07, 6.45) is 1.34. The van der Waals surface area contributed by atoms with E-state index in [2.05, 4.69) is 4.90 Å². The van der Waals surface area contributed by atoms with Crippen LogP contribution < -0.4 is 5.73 Å². The molecule has 2 N–H and O–H groups in total. The van der Waals surface area contributed by atoms with Crippen LogP contribution in [0.4, 0.5) is 13.2 Å². The second kappa shape index (κ2) is 7.09. The Kier molecular flexibility index (Phi) is 5.69. The van der Waals surface area contributed by atoms with Crippen LogP contribution in [0.25, 0.3) is 0 Å². The summed E-state index contributed by atoms with van der Waals surface area (Å²) in [4.78, 5) is 4.07. The molecule has 2 fully saturated rings. The van der Waals surface area contributed by atoms with Crippen molar-refractivity contribution < 1.29 is 13.2 Å². The van der Waals surface area contributed by atoms with Crippen molar-refractivity contribution in [2.45, 2.75) is 56.8 Å². The Labute approximate surface area is 119 Å². The van der Waals surface area contributed by atoms with Gasteiger partial charge >= 0.3 is 6.18 Å². The predicted molar refractivity (Wildman–Crippen MR) is 73.5 cm³/mol. The molecule has 0 amide bonds. The molecular formula is C14H26F3N3. The van der Waals surface area contributed by atoms with Crippen LogP contribution in [0, 0.1) is 0 Å². The molecule has 2 rings (SSSR count). The Morgan fingerprint density at radius 2 is 1.60 bits per heavy atom. The first-order chi connectivity index (χ1) is 9.52. The van der Waals surface area contributed by atoms with E-state index < -0.39 is 12.2 Å². The van der Waals surface area contributed by atoms with Gasteiger partial charge in [0.05, 0.1) is 0 Å². The maximum Gasteiger partial charge on any atom is 0.404 e. The van der Waals surface area contributed by atoms with Gasteiger partial charge in [0.25, 0.3) is 0 Å². The molecule has 0 aliphatic carbocycles. The minimum Gasteiger partial charge on any atom is -0.330 e. The molecule has 20 heavy (non-hydrogen) atoms. The first kappa shape index (κ1) is 16.0. The van der Waals surface area contributed by atoms with Crippen molar-refractivity contribution in [2.24, 2.45) is 5.73 Å². The van der Waals surface area contributed by atoms with Crippen molar-refractivity contribution in [3.8, 4) is 0 Å². The van der Waals surface area contributed by atoms with Crippen molar-refractivity contribution in [2.75, 3.05) is 32.7 Å². The van der Waals surface area contributed by atoms with Gasteiger partial charge in [0.15, 0.2) is 0 Å². The molecule has 3 nitrogen and oxygen atoms in total. The van der Waals surface area contributed by atoms with E-state index in [9.17, 15) is 13.2 Å². The zero-order valence-electron chi connectivity index (χ0n) is 12.0. The molecule has 1 unspecified atom stereocenters. The second-order valence-corrected chi connectivity index (χ2v) is 6.00. The highest BCUT2D eigenvalue weighted by molar-refractivity contribution is 4.87. The summed E-state index contributed by atoms with van der Waals surface area (Å²) in [5, 5.41) is 0. The monoisotopic (exact) mass is 293 g/mol. The Hall–Kier alpha value is -0.330. The van der Waals surface area contributed by atoms with Gasteiger partial charge in [0, 0.05) is 19.1 Å². The van der Waals surface area contributed by atoms with Crippen LogP contribution in [0.2, 0.25) is 0 Å². The highest BCUT2D eigenvalue weighted by Crippen LogP contribution is 2.30. The van der Waals surface area contributed by atoms with E-state index in [4.69, 9.17) is 5.73 Å². The number of nitrogens with zero attached hydrogens (tertiary/aromatic N) is 2. The lowest BCUT2D eigenvalue weighted by Gasteiger charge is -2.43. The SMILES string of the molecule is NCCC(N1CCC(N2CCCCC2)CC1)C(F)(F)F. The summed E-state index contributed by atoms with van der Waals surface area (Å²) in [7, 11) is 0. The molecular weight excluding hydrogens is 267 g/mol. The summed E-state index contributed by atoms with van der Waals surface area (Å²) < 4.78 is 39.1. The van der Waals surface area contributed by atoms with Crippen molar-refractivity contribution in [1.29, 1.82) is 0 Å². The first-order valence-corrected chi connectivity index (χ1v) is 7.77. The molecule has 0 aromatic heterocycles. The van der Waals surface area contributed by atoms with E-state index in [0.717, 1.165) is 25.9 Å². The molecule has 2 heterocycles. The number of nitrogens with two attached hydrogens (primary N) is 1. The van der Waals surface area contributed by atoms with Crippen LogP contribution in [0.3, 0.4) is 0 Å². The molecule has 0 saturated carbocycles. The maximum absolute atomic E-state index is 13.0. The minimum atomic E-state index is -4.16. The minimum absolute atomic E-state index is 0.0118. The lowest BCUT2D eigenvalue weighted by Crippen LogP contribution is -2.53. The number of halogens is 3.